The Bertz CT molecular complexity index is 3750. The van der Waals surface area contributed by atoms with E-state index in [0.717, 1.165) is 39.7 Å². The Labute approximate surface area is 378 Å². The van der Waals surface area contributed by atoms with Crippen molar-refractivity contribution in [1.29, 1.82) is 0 Å². The molecule has 0 radical (unpaired) electrons. The van der Waals surface area contributed by atoms with Gasteiger partial charge in [0.2, 0.25) is 0 Å². The lowest BCUT2D eigenvalue weighted by Crippen LogP contribution is -2.36. The second-order valence-electron chi connectivity index (χ2n) is 18.4. The number of fused-ring (bicyclic) bond motifs is 14. The molecule has 306 valence electrons. The third kappa shape index (κ3) is 4.85. The third-order valence-electron chi connectivity index (χ3n) is 14.8. The molecule has 10 aromatic carbocycles. The summed E-state index contributed by atoms with van der Waals surface area (Å²) in [5, 5.41) is 4.99. The highest BCUT2D eigenvalue weighted by molar-refractivity contribution is 6.11. The minimum absolute atomic E-state index is 0.114. The zero-order valence-corrected chi connectivity index (χ0v) is 36.1. The molecule has 3 heteroatoms. The van der Waals surface area contributed by atoms with Crippen LogP contribution in [0.2, 0.25) is 0 Å². The van der Waals surface area contributed by atoms with Crippen LogP contribution in [0.3, 0.4) is 0 Å². The highest BCUT2D eigenvalue weighted by atomic mass is 16.5. The molecular formula is C62H42N2O. The van der Waals surface area contributed by atoms with E-state index in [1.165, 1.54) is 82.8 Å². The van der Waals surface area contributed by atoms with Gasteiger partial charge in [-0.2, -0.15) is 0 Å². The minimum Gasteiger partial charge on any atom is -0.457 e. The van der Waals surface area contributed by atoms with E-state index < -0.39 is 5.41 Å². The Morgan fingerprint density at radius 3 is 1.78 bits per heavy atom. The van der Waals surface area contributed by atoms with Crippen molar-refractivity contribution in [3.8, 4) is 39.4 Å². The Balaban J connectivity index is 1.03. The van der Waals surface area contributed by atoms with Gasteiger partial charge in [-0.1, -0.05) is 166 Å². The lowest BCUT2D eigenvalue weighted by molar-refractivity contribution is 0.435. The van der Waals surface area contributed by atoms with E-state index >= 15 is 0 Å². The Morgan fingerprint density at radius 1 is 0.385 bits per heavy atom. The number of rotatable bonds is 4. The van der Waals surface area contributed by atoms with Crippen molar-refractivity contribution >= 4 is 49.6 Å². The van der Waals surface area contributed by atoms with E-state index in [2.05, 4.69) is 242 Å². The molecule has 0 atom stereocenters. The fraction of sp³-hybridized carbons (Fsp3) is 0.0645. The average molecular weight is 831 g/mol. The molecule has 0 fully saturated rings. The first-order chi connectivity index (χ1) is 32.0. The maximum absolute atomic E-state index is 6.77. The first-order valence-corrected chi connectivity index (χ1v) is 22.7. The maximum Gasteiger partial charge on any atom is 0.132 e. The number of benzene rings is 10. The van der Waals surface area contributed by atoms with Crippen molar-refractivity contribution in [3.05, 3.63) is 252 Å². The van der Waals surface area contributed by atoms with Gasteiger partial charge in [-0.05, 0) is 122 Å². The molecule has 0 saturated carbocycles. The van der Waals surface area contributed by atoms with Crippen molar-refractivity contribution in [1.82, 2.24) is 4.57 Å². The minimum atomic E-state index is -0.648. The largest absolute Gasteiger partial charge is 0.457 e. The number of anilines is 3. The zero-order valence-electron chi connectivity index (χ0n) is 36.1. The summed E-state index contributed by atoms with van der Waals surface area (Å²) in [5.74, 6) is 1.77. The van der Waals surface area contributed by atoms with E-state index in [1.54, 1.807) is 0 Å². The van der Waals surface area contributed by atoms with Gasteiger partial charge < -0.3 is 14.2 Å². The molecule has 0 bridgehead atoms. The molecule has 1 aliphatic heterocycles. The molecule has 0 N–H and O–H groups in total. The second kappa shape index (κ2) is 13.2. The Kier molecular flexibility index (Phi) is 7.38. The van der Waals surface area contributed by atoms with Gasteiger partial charge in [-0.25, -0.2) is 0 Å². The fourth-order valence-corrected chi connectivity index (χ4v) is 12.0. The molecule has 1 spiro atoms. The molecule has 2 aliphatic carbocycles. The van der Waals surface area contributed by atoms with E-state index in [4.69, 9.17) is 4.74 Å². The molecule has 2 heterocycles. The number of hydrogen-bond acceptors (Lipinski definition) is 2. The molecule has 0 unspecified atom stereocenters. The summed E-state index contributed by atoms with van der Waals surface area (Å²) in [6, 6.07) is 80.8. The van der Waals surface area contributed by atoms with E-state index in [9.17, 15) is 0 Å². The topological polar surface area (TPSA) is 17.4 Å². The van der Waals surface area contributed by atoms with Crippen LogP contribution in [0.5, 0.6) is 11.5 Å². The molecule has 0 amide bonds. The maximum atomic E-state index is 6.77. The van der Waals surface area contributed by atoms with Crippen molar-refractivity contribution in [3.63, 3.8) is 0 Å². The second-order valence-corrected chi connectivity index (χ2v) is 18.4. The van der Waals surface area contributed by atoms with Crippen molar-refractivity contribution in [2.75, 3.05) is 4.90 Å². The molecule has 11 aromatic rings. The predicted octanol–water partition coefficient (Wildman–Crippen LogP) is 16.2. The monoisotopic (exact) mass is 830 g/mol. The molecule has 0 saturated heterocycles. The van der Waals surface area contributed by atoms with Gasteiger partial charge in [-0.3, -0.25) is 0 Å². The quantitative estimate of drug-likeness (QED) is 0.176. The summed E-state index contributed by atoms with van der Waals surface area (Å²) in [5.41, 5.74) is 18.7. The normalized spacial score (nSPS) is 14.4. The highest BCUT2D eigenvalue weighted by Crippen LogP contribution is 2.62. The van der Waals surface area contributed by atoms with Crippen LogP contribution in [-0.4, -0.2) is 4.57 Å². The first-order valence-electron chi connectivity index (χ1n) is 22.7. The number of aromatic nitrogens is 1. The van der Waals surface area contributed by atoms with Gasteiger partial charge in [0.1, 0.15) is 11.5 Å². The predicted molar refractivity (Wildman–Crippen MR) is 268 cm³/mol. The fourth-order valence-electron chi connectivity index (χ4n) is 12.0. The number of ether oxygens (including phenoxy) is 1. The van der Waals surface area contributed by atoms with Gasteiger partial charge >= 0.3 is 0 Å². The van der Waals surface area contributed by atoms with E-state index in [1.807, 2.05) is 0 Å². The summed E-state index contributed by atoms with van der Waals surface area (Å²) in [6.45, 7) is 4.73. The van der Waals surface area contributed by atoms with Crippen molar-refractivity contribution in [2.45, 2.75) is 24.7 Å². The Hall–Kier alpha value is -8.14. The Morgan fingerprint density at radius 2 is 0.969 bits per heavy atom. The smallest absolute Gasteiger partial charge is 0.132 e. The highest BCUT2D eigenvalue weighted by Gasteiger charge is 2.49. The first kappa shape index (κ1) is 36.4. The van der Waals surface area contributed by atoms with Crippen molar-refractivity contribution < 1.29 is 4.74 Å². The summed E-state index contributed by atoms with van der Waals surface area (Å²) in [7, 11) is 0. The van der Waals surface area contributed by atoms with Crippen LogP contribution in [0.1, 0.15) is 47.2 Å². The lowest BCUT2D eigenvalue weighted by atomic mass is 9.58. The molecule has 14 rings (SSSR count). The van der Waals surface area contributed by atoms with Gasteiger partial charge in [0.15, 0.2) is 0 Å². The number of hydrogen-bond donors (Lipinski definition) is 0. The van der Waals surface area contributed by atoms with Crippen LogP contribution < -0.4 is 9.64 Å². The van der Waals surface area contributed by atoms with Gasteiger partial charge in [0.25, 0.3) is 0 Å². The van der Waals surface area contributed by atoms with Crippen LogP contribution in [0.15, 0.2) is 218 Å². The summed E-state index contributed by atoms with van der Waals surface area (Å²) in [4.78, 5) is 2.44. The van der Waals surface area contributed by atoms with Crippen molar-refractivity contribution in [2.24, 2.45) is 0 Å². The van der Waals surface area contributed by atoms with Crippen LogP contribution in [0.4, 0.5) is 17.1 Å². The summed E-state index contributed by atoms with van der Waals surface area (Å²) >= 11 is 0. The third-order valence-corrected chi connectivity index (χ3v) is 14.8. The van der Waals surface area contributed by atoms with Gasteiger partial charge in [-0.15, -0.1) is 0 Å². The number of nitrogens with zero attached hydrogens (tertiary/aromatic N) is 2. The summed E-state index contributed by atoms with van der Waals surface area (Å²) in [6.07, 6.45) is 0. The SMILES string of the molecule is CC1(C)c2ccccc2-c2ccc(-n3c4ccccc4c4ccc(N(c5ccccc5)c5ccc6c(c5)C5(c7ccccc7Oc7ccccc75)c5cccc7cccc-6c57)cc43)cc21. The summed E-state index contributed by atoms with van der Waals surface area (Å²) < 4.78 is 9.25. The molecule has 1 aromatic heterocycles. The lowest BCUT2D eigenvalue weighted by Gasteiger charge is -2.45. The average Bonchev–Trinajstić information content (AvgIpc) is 3.80. The molecular weight excluding hydrogens is 789 g/mol. The molecule has 65 heavy (non-hydrogen) atoms. The van der Waals surface area contributed by atoms with Gasteiger partial charge in [0, 0.05) is 50.1 Å². The zero-order chi connectivity index (χ0) is 43.0. The van der Waals surface area contributed by atoms with E-state index in [-0.39, 0.29) is 5.41 Å². The van der Waals surface area contributed by atoms with Gasteiger partial charge in [0.05, 0.1) is 16.4 Å². The number of para-hydroxylation sites is 4. The standard InChI is InChI=1S/C62H42N2O/c1-61(2)50-23-8-6-20-44(50)45-33-31-42(36-54(45)61)64-56-27-11-7-21-47(56)48-35-32-43(38-57(48)64)63(40-18-4-3-5-19-40)41-30-34-46-49-22-14-16-39-17-15-26-53(60(39)49)62(55(46)37-41)51-24-9-12-28-58(51)65-59-29-13-10-25-52(59)62/h3-38H,1-2H3. The molecule has 3 nitrogen and oxygen atoms in total. The van der Waals surface area contributed by atoms with Crippen LogP contribution in [0.25, 0.3) is 60.5 Å². The molecule has 3 aliphatic rings. The van der Waals surface area contributed by atoms with Crippen LogP contribution in [0, 0.1) is 0 Å². The van der Waals surface area contributed by atoms with Crippen LogP contribution in [-0.2, 0) is 10.8 Å². The van der Waals surface area contributed by atoms with Crippen LogP contribution >= 0.6 is 0 Å². The van der Waals surface area contributed by atoms with E-state index in [0.29, 0.717) is 0 Å².